The van der Waals surface area contributed by atoms with Crippen molar-refractivity contribution in [2.75, 3.05) is 36.0 Å². The first-order chi connectivity index (χ1) is 56.8. The smallest absolute Gasteiger partial charge is 0.269 e. The molecule has 0 amide bonds. The van der Waals surface area contributed by atoms with Gasteiger partial charge in [0, 0.05) is 117 Å². The lowest BCUT2D eigenvalue weighted by Crippen LogP contribution is -2.36. The Morgan fingerprint density at radius 2 is 0.761 bits per heavy atom. The van der Waals surface area contributed by atoms with Crippen molar-refractivity contribution in [2.24, 2.45) is 17.8 Å². The van der Waals surface area contributed by atoms with Gasteiger partial charge < -0.3 is 9.80 Å². The molecule has 0 aromatic heterocycles. The van der Waals surface area contributed by atoms with Gasteiger partial charge in [0.15, 0.2) is 11.4 Å². The summed E-state index contributed by atoms with van der Waals surface area (Å²) in [4.78, 5) is 16.9. The number of nitro benzene ring substituents is 1. The number of benzene rings is 12. The average Bonchev–Trinajstić information content (AvgIpc) is 1.56. The first-order valence-electron chi connectivity index (χ1n) is 42.5. The number of nitrogens with zero attached hydrogens (tertiary/aromatic N) is 5. The molecule has 0 saturated carbocycles. The maximum absolute atomic E-state index is 12.0. The predicted molar refractivity (Wildman–Crippen MR) is 494 cm³/mol. The van der Waals surface area contributed by atoms with Crippen LogP contribution in [0, 0.1) is 27.9 Å². The molecule has 0 N–H and O–H groups in total. The average molecular weight is 1580 g/mol. The summed E-state index contributed by atoms with van der Waals surface area (Å²) in [6.07, 6.45) is 23.4. The normalized spacial score (nSPS) is 17.9. The summed E-state index contributed by atoms with van der Waals surface area (Å²) in [5.74, 6) is 1.67. The van der Waals surface area contributed by atoms with Crippen LogP contribution in [-0.4, -0.2) is 51.7 Å². The molecule has 9 heteroatoms. The second-order valence-corrected chi connectivity index (χ2v) is 35.5. The van der Waals surface area contributed by atoms with Gasteiger partial charge in [-0.3, -0.25) is 10.1 Å². The number of anilines is 2. The molecule has 2 atom stereocenters. The van der Waals surface area contributed by atoms with Crippen molar-refractivity contribution in [3.8, 4) is 0 Å². The molecule has 12 aromatic rings. The largest absolute Gasteiger partial charge is 0.344 e. The number of rotatable bonds is 28. The summed E-state index contributed by atoms with van der Waals surface area (Å²) in [6, 6.07) is 102. The minimum atomic E-state index is -0.488. The van der Waals surface area contributed by atoms with Crippen LogP contribution in [0.15, 0.2) is 333 Å². The van der Waals surface area contributed by atoms with Crippen LogP contribution in [0.4, 0.5) is 28.4 Å². The van der Waals surface area contributed by atoms with Gasteiger partial charge in [-0.1, -0.05) is 296 Å². The molecule has 4 aliphatic rings. The van der Waals surface area contributed by atoms with E-state index in [4.69, 9.17) is 23.2 Å². The quantitative estimate of drug-likeness (QED) is 0.0279. The van der Waals surface area contributed by atoms with Crippen LogP contribution >= 0.6 is 23.2 Å². The molecule has 2 unspecified atom stereocenters. The number of halogens is 2. The van der Waals surface area contributed by atoms with Crippen molar-refractivity contribution in [1.82, 2.24) is 0 Å². The van der Waals surface area contributed by atoms with E-state index < -0.39 is 10.8 Å². The van der Waals surface area contributed by atoms with Crippen molar-refractivity contribution < 1.29 is 14.1 Å². The van der Waals surface area contributed by atoms with Gasteiger partial charge in [-0.15, -0.1) is 0 Å². The Balaban J connectivity index is 0.000000183. The third-order valence-corrected chi connectivity index (χ3v) is 25.5. The number of hydrogen-bond donors (Lipinski definition) is 0. The third-order valence-electron chi connectivity index (χ3n) is 25.0. The van der Waals surface area contributed by atoms with Crippen molar-refractivity contribution in [1.29, 1.82) is 0 Å². The molecular formula is C108H111Cl2N5O2+2. The fraction of sp³-hybridized carbons (Fsp3) is 0.278. The van der Waals surface area contributed by atoms with E-state index in [1.54, 1.807) is 12.1 Å². The van der Waals surface area contributed by atoms with Gasteiger partial charge >= 0.3 is 0 Å². The van der Waals surface area contributed by atoms with E-state index in [0.717, 1.165) is 99.6 Å². The second-order valence-electron chi connectivity index (χ2n) is 34.7. The van der Waals surface area contributed by atoms with E-state index in [2.05, 4.69) is 373 Å². The summed E-state index contributed by atoms with van der Waals surface area (Å²) in [5.41, 5.74) is 21.6. The maximum atomic E-state index is 12.0. The van der Waals surface area contributed by atoms with E-state index in [9.17, 15) is 10.1 Å². The molecule has 12 aromatic carbocycles. The van der Waals surface area contributed by atoms with Crippen LogP contribution in [0.3, 0.4) is 0 Å². The fourth-order valence-corrected chi connectivity index (χ4v) is 19.9. The van der Waals surface area contributed by atoms with Crippen LogP contribution in [0.5, 0.6) is 0 Å². The van der Waals surface area contributed by atoms with Gasteiger partial charge in [0.1, 0.15) is 13.1 Å². The zero-order chi connectivity index (χ0) is 81.4. The highest BCUT2D eigenvalue weighted by Crippen LogP contribution is 2.56. The highest BCUT2D eigenvalue weighted by Gasteiger charge is 2.53. The Bertz CT molecular complexity index is 5680. The van der Waals surface area contributed by atoms with Crippen LogP contribution in [0.25, 0.3) is 21.5 Å². The first kappa shape index (κ1) is 81.2. The Hall–Kier alpha value is -11.0. The lowest BCUT2D eigenvalue weighted by molar-refractivity contribution is -0.439. The van der Waals surface area contributed by atoms with Crippen molar-refractivity contribution in [3.63, 3.8) is 0 Å². The number of hydrogen-bond acceptors (Lipinski definition) is 4. The predicted octanol–water partition coefficient (Wildman–Crippen LogP) is 27.0. The zero-order valence-electron chi connectivity index (χ0n) is 69.5. The summed E-state index contributed by atoms with van der Waals surface area (Å²) >= 11 is 13.9. The molecule has 0 saturated heterocycles. The topological polar surface area (TPSA) is 55.6 Å². The van der Waals surface area contributed by atoms with Crippen LogP contribution < -0.4 is 9.80 Å². The fourth-order valence-electron chi connectivity index (χ4n) is 19.6. The molecule has 0 spiro atoms. The molecule has 4 heterocycles. The van der Waals surface area contributed by atoms with Crippen molar-refractivity contribution >= 4 is 84.6 Å². The van der Waals surface area contributed by atoms with Gasteiger partial charge in [-0.2, -0.15) is 9.15 Å². The molecule has 117 heavy (non-hydrogen) atoms. The van der Waals surface area contributed by atoms with Crippen LogP contribution in [0.1, 0.15) is 144 Å². The van der Waals surface area contributed by atoms with Crippen molar-refractivity contribution in [3.05, 3.63) is 409 Å². The number of non-ortho nitro benzene ring substituents is 1. The summed E-state index contributed by atoms with van der Waals surface area (Å²) in [7, 11) is 0. The second kappa shape index (κ2) is 35.5. The Morgan fingerprint density at radius 3 is 1.15 bits per heavy atom. The lowest BCUT2D eigenvalue weighted by Gasteiger charge is -2.35. The van der Waals surface area contributed by atoms with E-state index in [-0.39, 0.29) is 21.4 Å². The molecule has 4 aliphatic heterocycles. The first-order valence-corrected chi connectivity index (χ1v) is 43.2. The number of fused-ring (bicyclic) bond motifs is 8. The lowest BCUT2D eigenvalue weighted by atomic mass is 9.70. The minimum Gasteiger partial charge on any atom is -0.344 e. The van der Waals surface area contributed by atoms with E-state index in [0.29, 0.717) is 24.2 Å². The van der Waals surface area contributed by atoms with Gasteiger partial charge in [-0.05, 0) is 210 Å². The number of nitro groups is 1. The van der Waals surface area contributed by atoms with E-state index in [1.807, 2.05) is 18.2 Å². The summed E-state index contributed by atoms with van der Waals surface area (Å²) < 4.78 is 5.18. The van der Waals surface area contributed by atoms with Gasteiger partial charge in [0.2, 0.25) is 11.4 Å². The van der Waals surface area contributed by atoms with Gasteiger partial charge in [0.05, 0.1) is 15.8 Å². The SMILES string of the molecule is CC(C)CCN1C(=CC=CC2=[N+](CCC(C)C)c3ccc4ccccc4c3C2(C)Cc2ccccc2)C(Cc2ccccc2)(Cc2ccccc2)c2cc(Cl)ccc21.CCCN1C(=CC=CC2=[N+](CCC(C)C)c3ccc4ccccc4c3C2(C)Cc2cccc([N+](=O)[O-])c2)C(Cc2ccccc2)(Cc2ccccc2)c2cc(Cl)ccc21. The molecule has 16 rings (SSSR count). The Kier molecular flexibility index (Phi) is 24.6. The van der Waals surface area contributed by atoms with Gasteiger partial charge in [0.25, 0.3) is 5.69 Å². The van der Waals surface area contributed by atoms with E-state index >= 15 is 0 Å². The standard InChI is InChI=1S/C55H58ClN2.C53H53ClN3O2/c1-40(2)32-34-57-49-31-29-46(56)36-48(49)55(38-43-20-11-7-12-21-43,39-44-22-13-8-14-23-44)52(57)27-17-26-51-54(5,37-42-18-9-6-10-19-42)53-47-25-16-15-24-45(47)28-30-50(53)58(51)35-33-41(3)4;1-5-31-55-47-29-27-43(54)34-46(47)53(36-39-16-8-6-9-17-39,37-40-18-10-7-11-19-40)50(55)25-15-24-49-52(4,35-41-20-14-22-44(33-41)57(58)59)51-45-23-13-12-21-42(45)26-28-48(51)56(49)32-30-38(2)3/h6-31,36,40-41H,32-35,37-39H2,1-5H3;6-29,33-34,38H,5,30-32,35-37H2,1-4H3/q2*+1. The Morgan fingerprint density at radius 1 is 0.402 bits per heavy atom. The highest BCUT2D eigenvalue weighted by molar-refractivity contribution is 6.31. The highest BCUT2D eigenvalue weighted by atomic mass is 35.5. The minimum absolute atomic E-state index is 0.116. The molecule has 0 fully saturated rings. The molecule has 0 bridgehead atoms. The molecule has 0 aliphatic carbocycles. The van der Waals surface area contributed by atoms with Gasteiger partial charge in [-0.25, -0.2) is 0 Å². The monoisotopic (exact) mass is 1580 g/mol. The molecule has 0 radical (unpaired) electrons. The number of allylic oxidation sites excluding steroid dienone is 8. The zero-order valence-corrected chi connectivity index (χ0v) is 71.1. The molecule has 592 valence electrons. The maximum Gasteiger partial charge on any atom is 0.269 e. The van der Waals surface area contributed by atoms with E-state index in [1.165, 1.54) is 117 Å². The van der Waals surface area contributed by atoms with Crippen LogP contribution in [-0.2, 0) is 60.2 Å². The van der Waals surface area contributed by atoms with Crippen molar-refractivity contribution in [2.45, 2.75) is 148 Å². The Labute approximate surface area is 704 Å². The molecular weight excluding hydrogens is 1470 g/mol. The molecule has 7 nitrogen and oxygen atoms in total. The third kappa shape index (κ3) is 16.9. The summed E-state index contributed by atoms with van der Waals surface area (Å²) in [6.45, 7) is 24.6. The van der Waals surface area contributed by atoms with Crippen LogP contribution in [0.2, 0.25) is 10.0 Å². The summed E-state index contributed by atoms with van der Waals surface area (Å²) in [5, 5.41) is 18.6.